The normalized spacial score (nSPS) is 15.2. The zero-order valence-corrected chi connectivity index (χ0v) is 10.0. The molecule has 2 rings (SSSR count). The van der Waals surface area contributed by atoms with Gasteiger partial charge < -0.3 is 15.6 Å². The van der Waals surface area contributed by atoms with Crippen LogP contribution in [-0.4, -0.2) is 42.4 Å². The van der Waals surface area contributed by atoms with Gasteiger partial charge in [-0.05, 0) is 25.0 Å². The first kappa shape index (κ1) is 12.2. The number of ether oxygens (including phenoxy) is 1. The summed E-state index contributed by atoms with van der Waals surface area (Å²) in [6.45, 7) is 2.41. The van der Waals surface area contributed by atoms with E-state index in [2.05, 4.69) is 4.90 Å². The highest BCUT2D eigenvalue weighted by atomic mass is 16.5. The minimum atomic E-state index is 0.212. The topological polar surface area (TPSA) is 58.7 Å². The summed E-state index contributed by atoms with van der Waals surface area (Å²) < 4.78 is 5.64. The Hall–Kier alpha value is -1.26. The van der Waals surface area contributed by atoms with E-state index < -0.39 is 0 Å². The molecule has 0 amide bonds. The first-order valence-electron chi connectivity index (χ1n) is 6.13. The molecule has 0 unspecified atom stereocenters. The Balaban J connectivity index is 1.76. The Labute approximate surface area is 102 Å². The fraction of sp³-hybridized carbons (Fsp3) is 0.538. The van der Waals surface area contributed by atoms with E-state index in [1.165, 1.54) is 12.8 Å². The lowest BCUT2D eigenvalue weighted by Gasteiger charge is -2.20. The monoisotopic (exact) mass is 236 g/mol. The van der Waals surface area contributed by atoms with Crippen LogP contribution in [0.15, 0.2) is 24.3 Å². The van der Waals surface area contributed by atoms with Crippen molar-refractivity contribution in [3.63, 3.8) is 0 Å². The summed E-state index contributed by atoms with van der Waals surface area (Å²) in [7, 11) is 0. The number of hydrogen-bond donors (Lipinski definition) is 2. The van der Waals surface area contributed by atoms with Crippen LogP contribution in [0.25, 0.3) is 0 Å². The summed E-state index contributed by atoms with van der Waals surface area (Å²) in [4.78, 5) is 2.28. The van der Waals surface area contributed by atoms with Gasteiger partial charge in [-0.15, -0.1) is 0 Å². The van der Waals surface area contributed by atoms with Gasteiger partial charge in [0.2, 0.25) is 0 Å². The molecule has 0 bridgehead atoms. The maximum absolute atomic E-state index is 8.97. The van der Waals surface area contributed by atoms with E-state index in [0.29, 0.717) is 18.3 Å². The molecule has 0 aliphatic heterocycles. The van der Waals surface area contributed by atoms with Gasteiger partial charge in [0.25, 0.3) is 0 Å². The van der Waals surface area contributed by atoms with E-state index in [1.807, 2.05) is 24.3 Å². The average molecular weight is 236 g/mol. The minimum absolute atomic E-state index is 0.212. The van der Waals surface area contributed by atoms with E-state index in [9.17, 15) is 0 Å². The van der Waals surface area contributed by atoms with Crippen LogP contribution in [0, 0.1) is 0 Å². The largest absolute Gasteiger partial charge is 0.490 e. The van der Waals surface area contributed by atoms with Gasteiger partial charge in [0.15, 0.2) is 0 Å². The highest BCUT2D eigenvalue weighted by Crippen LogP contribution is 2.26. The molecule has 1 aromatic rings. The molecule has 1 fully saturated rings. The number of rotatable bonds is 7. The predicted octanol–water partition coefficient (Wildman–Crippen LogP) is 1.10. The number of aliphatic hydroxyl groups is 1. The van der Waals surface area contributed by atoms with Gasteiger partial charge in [-0.2, -0.15) is 0 Å². The van der Waals surface area contributed by atoms with Gasteiger partial charge in [-0.25, -0.2) is 0 Å². The van der Waals surface area contributed by atoms with Crippen LogP contribution < -0.4 is 10.5 Å². The first-order chi connectivity index (χ1) is 8.31. The number of aliphatic hydroxyl groups excluding tert-OH is 1. The third-order valence-corrected chi connectivity index (χ3v) is 3.01. The van der Waals surface area contributed by atoms with Crippen molar-refractivity contribution in [2.24, 2.45) is 0 Å². The Morgan fingerprint density at radius 2 is 2.06 bits per heavy atom. The molecule has 4 nitrogen and oxygen atoms in total. The molecule has 1 aromatic carbocycles. The van der Waals surface area contributed by atoms with Crippen molar-refractivity contribution in [2.45, 2.75) is 18.9 Å². The van der Waals surface area contributed by atoms with Crippen molar-refractivity contribution >= 4 is 5.69 Å². The van der Waals surface area contributed by atoms with Crippen molar-refractivity contribution in [1.82, 2.24) is 4.90 Å². The van der Waals surface area contributed by atoms with Crippen molar-refractivity contribution in [2.75, 3.05) is 32.0 Å². The Morgan fingerprint density at radius 3 is 2.71 bits per heavy atom. The van der Waals surface area contributed by atoms with Gasteiger partial charge in [0.05, 0.1) is 12.3 Å². The highest BCUT2D eigenvalue weighted by Gasteiger charge is 2.28. The molecule has 1 aliphatic rings. The van der Waals surface area contributed by atoms with Gasteiger partial charge >= 0.3 is 0 Å². The summed E-state index contributed by atoms with van der Waals surface area (Å²) in [5, 5.41) is 8.97. The van der Waals surface area contributed by atoms with Crippen molar-refractivity contribution in [3.8, 4) is 5.75 Å². The van der Waals surface area contributed by atoms with E-state index in [-0.39, 0.29) is 6.61 Å². The Morgan fingerprint density at radius 1 is 1.29 bits per heavy atom. The van der Waals surface area contributed by atoms with Gasteiger partial charge in [-0.1, -0.05) is 12.1 Å². The molecule has 0 saturated heterocycles. The van der Waals surface area contributed by atoms with Crippen LogP contribution in [0.1, 0.15) is 12.8 Å². The third-order valence-electron chi connectivity index (χ3n) is 3.01. The second-order valence-corrected chi connectivity index (χ2v) is 4.38. The van der Waals surface area contributed by atoms with Crippen molar-refractivity contribution < 1.29 is 9.84 Å². The van der Waals surface area contributed by atoms with Crippen LogP contribution in [0.5, 0.6) is 5.75 Å². The number of hydrogen-bond acceptors (Lipinski definition) is 4. The number of nitrogens with zero attached hydrogens (tertiary/aromatic N) is 1. The zero-order chi connectivity index (χ0) is 12.1. The Bertz CT molecular complexity index is 353. The van der Waals surface area contributed by atoms with Crippen LogP contribution in [-0.2, 0) is 0 Å². The SMILES string of the molecule is Nc1ccccc1OCCN(CCO)C1CC1. The fourth-order valence-electron chi connectivity index (χ4n) is 1.93. The van der Waals surface area contributed by atoms with E-state index in [0.717, 1.165) is 18.8 Å². The second-order valence-electron chi connectivity index (χ2n) is 4.38. The van der Waals surface area contributed by atoms with Crippen LogP contribution in [0.4, 0.5) is 5.69 Å². The first-order valence-corrected chi connectivity index (χ1v) is 6.13. The zero-order valence-electron chi connectivity index (χ0n) is 10.0. The maximum atomic E-state index is 8.97. The van der Waals surface area contributed by atoms with E-state index >= 15 is 0 Å². The predicted molar refractivity (Wildman–Crippen MR) is 68.0 cm³/mol. The average Bonchev–Trinajstić information content (AvgIpc) is 3.14. The molecule has 0 atom stereocenters. The maximum Gasteiger partial charge on any atom is 0.142 e. The van der Waals surface area contributed by atoms with Crippen LogP contribution >= 0.6 is 0 Å². The second kappa shape index (κ2) is 5.89. The van der Waals surface area contributed by atoms with E-state index in [4.69, 9.17) is 15.6 Å². The minimum Gasteiger partial charge on any atom is -0.490 e. The van der Waals surface area contributed by atoms with Gasteiger partial charge in [0, 0.05) is 19.1 Å². The number of para-hydroxylation sites is 2. The standard InChI is InChI=1S/C13H20N2O2/c14-12-3-1-2-4-13(12)17-10-8-15(7-9-16)11-5-6-11/h1-4,11,16H,5-10,14H2. The lowest BCUT2D eigenvalue weighted by atomic mass is 10.3. The number of benzene rings is 1. The summed E-state index contributed by atoms with van der Waals surface area (Å²) in [5.41, 5.74) is 6.46. The molecule has 0 radical (unpaired) electrons. The molecule has 0 aromatic heterocycles. The number of anilines is 1. The third kappa shape index (κ3) is 3.61. The molecule has 17 heavy (non-hydrogen) atoms. The molecule has 0 spiro atoms. The smallest absolute Gasteiger partial charge is 0.142 e. The summed E-state index contributed by atoms with van der Waals surface area (Å²) in [5.74, 6) is 0.743. The molecular weight excluding hydrogens is 216 g/mol. The summed E-state index contributed by atoms with van der Waals surface area (Å²) >= 11 is 0. The lowest BCUT2D eigenvalue weighted by molar-refractivity contribution is 0.162. The molecule has 1 aliphatic carbocycles. The lowest BCUT2D eigenvalue weighted by Crippen LogP contribution is -2.33. The molecule has 94 valence electrons. The molecular formula is C13H20N2O2. The van der Waals surface area contributed by atoms with Crippen molar-refractivity contribution in [3.05, 3.63) is 24.3 Å². The van der Waals surface area contributed by atoms with Gasteiger partial charge in [-0.3, -0.25) is 4.90 Å². The molecule has 0 heterocycles. The summed E-state index contributed by atoms with van der Waals surface area (Å²) in [6.07, 6.45) is 2.49. The van der Waals surface area contributed by atoms with E-state index in [1.54, 1.807) is 0 Å². The summed E-state index contributed by atoms with van der Waals surface area (Å²) in [6, 6.07) is 8.17. The Kier molecular flexibility index (Phi) is 4.23. The van der Waals surface area contributed by atoms with Crippen LogP contribution in [0.2, 0.25) is 0 Å². The molecule has 1 saturated carbocycles. The number of nitrogens with two attached hydrogens (primary N) is 1. The number of nitrogen functional groups attached to an aromatic ring is 1. The molecule has 3 N–H and O–H groups in total. The van der Waals surface area contributed by atoms with Crippen LogP contribution in [0.3, 0.4) is 0 Å². The van der Waals surface area contributed by atoms with Crippen molar-refractivity contribution in [1.29, 1.82) is 0 Å². The highest BCUT2D eigenvalue weighted by molar-refractivity contribution is 5.51. The fourth-order valence-corrected chi connectivity index (χ4v) is 1.93. The quantitative estimate of drug-likeness (QED) is 0.696. The van der Waals surface area contributed by atoms with Gasteiger partial charge in [0.1, 0.15) is 12.4 Å². The molecule has 4 heteroatoms.